The van der Waals surface area contributed by atoms with Crippen molar-refractivity contribution in [2.24, 2.45) is 5.41 Å². The molecular weight excluding hydrogens is 394 g/mol. The lowest BCUT2D eigenvalue weighted by Gasteiger charge is -2.39. The molecule has 1 aliphatic carbocycles. The maximum Gasteiger partial charge on any atom is 0.171 e. The zero-order chi connectivity index (χ0) is 20.9. The number of piperazine rings is 1. The van der Waals surface area contributed by atoms with Gasteiger partial charge in [0.1, 0.15) is 17.0 Å². The van der Waals surface area contributed by atoms with E-state index in [1.807, 2.05) is 0 Å². The molecule has 2 aliphatic heterocycles. The number of fused-ring (bicyclic) bond motifs is 1. The minimum atomic E-state index is -0.0174. The zero-order valence-electron chi connectivity index (χ0n) is 17.7. The van der Waals surface area contributed by atoms with Crippen LogP contribution in [-0.4, -0.2) is 41.9 Å². The van der Waals surface area contributed by atoms with Gasteiger partial charge in [-0.05, 0) is 30.9 Å². The maximum absolute atomic E-state index is 12.7. The molecule has 0 spiro atoms. The standard InChI is InChI=1S/C23H27N5OS/c1-15-4-6-16(7-5-15)27-8-10-28(11-9-27)21-19-22(25-14-24-21)30-20-17(26-19)12-23(2,3)13-18(20)29/h4-7,14,26H,8-13H2,1-3H3. The van der Waals surface area contributed by atoms with Crippen LogP contribution in [0.3, 0.4) is 0 Å². The SMILES string of the molecule is Cc1ccc(N2CCN(c3ncnc4c3NC3=C(S4)C(=O)CC(C)(C)C3)CC2)cc1. The number of carbonyl (C=O) groups excluding carboxylic acids is 1. The third kappa shape index (κ3) is 3.55. The van der Waals surface area contributed by atoms with Crippen molar-refractivity contribution >= 4 is 34.7 Å². The molecule has 1 saturated heterocycles. The Morgan fingerprint density at radius 2 is 1.70 bits per heavy atom. The Kier molecular flexibility index (Phi) is 4.73. The Labute approximate surface area is 181 Å². The van der Waals surface area contributed by atoms with Gasteiger partial charge in [0.15, 0.2) is 11.6 Å². The molecule has 3 aliphatic rings. The number of Topliss-reactive ketones (excluding diaryl/α,β-unsaturated/α-hetero) is 1. The second-order valence-electron chi connectivity index (χ2n) is 9.16. The highest BCUT2D eigenvalue weighted by Crippen LogP contribution is 2.49. The van der Waals surface area contributed by atoms with Gasteiger partial charge in [-0.25, -0.2) is 9.97 Å². The van der Waals surface area contributed by atoms with Crippen LogP contribution < -0.4 is 15.1 Å². The van der Waals surface area contributed by atoms with Gasteiger partial charge < -0.3 is 15.1 Å². The van der Waals surface area contributed by atoms with Crippen molar-refractivity contribution in [2.45, 2.75) is 38.6 Å². The van der Waals surface area contributed by atoms with Gasteiger partial charge in [-0.3, -0.25) is 4.79 Å². The third-order valence-electron chi connectivity index (χ3n) is 6.07. The first-order chi connectivity index (χ1) is 14.4. The normalized spacial score (nSPS) is 20.6. The second-order valence-corrected chi connectivity index (χ2v) is 10.2. The predicted molar refractivity (Wildman–Crippen MR) is 122 cm³/mol. The summed E-state index contributed by atoms with van der Waals surface area (Å²) in [6.07, 6.45) is 3.09. The van der Waals surface area contributed by atoms with E-state index in [0.29, 0.717) is 6.42 Å². The van der Waals surface area contributed by atoms with Gasteiger partial charge in [-0.2, -0.15) is 0 Å². The summed E-state index contributed by atoms with van der Waals surface area (Å²) in [6, 6.07) is 8.74. The molecule has 1 aromatic carbocycles. The number of anilines is 3. The summed E-state index contributed by atoms with van der Waals surface area (Å²) in [6.45, 7) is 10.1. The topological polar surface area (TPSA) is 61.4 Å². The number of aromatic nitrogens is 2. The minimum Gasteiger partial charge on any atom is -0.368 e. The van der Waals surface area contributed by atoms with Crippen LogP contribution in [0.5, 0.6) is 0 Å². The first-order valence-electron chi connectivity index (χ1n) is 10.5. The number of hydrogen-bond donors (Lipinski definition) is 1. The van der Waals surface area contributed by atoms with Crippen molar-refractivity contribution in [3.8, 4) is 0 Å². The van der Waals surface area contributed by atoms with E-state index in [4.69, 9.17) is 0 Å². The van der Waals surface area contributed by atoms with Gasteiger partial charge in [-0.1, -0.05) is 43.3 Å². The number of thioether (sulfide) groups is 1. The Hall–Kier alpha value is -2.54. The third-order valence-corrected chi connectivity index (χ3v) is 7.25. The molecule has 0 atom stereocenters. The quantitative estimate of drug-likeness (QED) is 0.728. The Morgan fingerprint density at radius 3 is 2.43 bits per heavy atom. The fourth-order valence-electron chi connectivity index (χ4n) is 4.49. The van der Waals surface area contributed by atoms with Gasteiger partial charge in [-0.15, -0.1) is 0 Å². The molecule has 1 aromatic heterocycles. The van der Waals surface area contributed by atoms with Crippen molar-refractivity contribution in [2.75, 3.05) is 41.3 Å². The summed E-state index contributed by atoms with van der Waals surface area (Å²) in [7, 11) is 0. The molecule has 2 aromatic rings. The highest BCUT2D eigenvalue weighted by Gasteiger charge is 2.37. The van der Waals surface area contributed by atoms with E-state index in [0.717, 1.165) is 59.7 Å². The van der Waals surface area contributed by atoms with Crippen LogP contribution in [0.4, 0.5) is 17.2 Å². The lowest BCUT2D eigenvalue weighted by molar-refractivity contribution is -0.117. The number of benzene rings is 1. The molecule has 0 saturated carbocycles. The lowest BCUT2D eigenvalue weighted by atomic mass is 9.78. The molecule has 1 fully saturated rings. The summed E-state index contributed by atoms with van der Waals surface area (Å²) in [5.74, 6) is 1.16. The van der Waals surface area contributed by atoms with Crippen LogP contribution in [-0.2, 0) is 4.79 Å². The molecule has 6 nitrogen and oxygen atoms in total. The van der Waals surface area contributed by atoms with Crippen molar-refractivity contribution in [1.29, 1.82) is 0 Å². The van der Waals surface area contributed by atoms with Crippen LogP contribution in [0.2, 0.25) is 0 Å². The Balaban J connectivity index is 1.36. The molecule has 1 N–H and O–H groups in total. The number of aryl methyl sites for hydroxylation is 1. The van der Waals surface area contributed by atoms with E-state index < -0.39 is 0 Å². The molecule has 0 unspecified atom stereocenters. The van der Waals surface area contributed by atoms with Crippen molar-refractivity contribution in [3.63, 3.8) is 0 Å². The largest absolute Gasteiger partial charge is 0.368 e. The van der Waals surface area contributed by atoms with Gasteiger partial charge in [0.25, 0.3) is 0 Å². The highest BCUT2D eigenvalue weighted by atomic mass is 32.2. The van der Waals surface area contributed by atoms with Gasteiger partial charge in [0, 0.05) is 44.0 Å². The summed E-state index contributed by atoms with van der Waals surface area (Å²) >= 11 is 1.51. The molecule has 0 amide bonds. The zero-order valence-corrected chi connectivity index (χ0v) is 18.6. The highest BCUT2D eigenvalue weighted by molar-refractivity contribution is 8.04. The predicted octanol–water partition coefficient (Wildman–Crippen LogP) is 4.23. The average molecular weight is 422 g/mol. The van der Waals surface area contributed by atoms with E-state index in [-0.39, 0.29) is 11.2 Å². The van der Waals surface area contributed by atoms with Crippen LogP contribution >= 0.6 is 11.8 Å². The fraction of sp³-hybridized carbons (Fsp3) is 0.435. The molecule has 3 heterocycles. The van der Waals surface area contributed by atoms with Crippen LogP contribution in [0, 0.1) is 12.3 Å². The smallest absolute Gasteiger partial charge is 0.171 e. The summed E-state index contributed by atoms with van der Waals surface area (Å²) < 4.78 is 0. The van der Waals surface area contributed by atoms with Gasteiger partial charge >= 0.3 is 0 Å². The van der Waals surface area contributed by atoms with E-state index in [2.05, 4.69) is 70.1 Å². The molecule has 156 valence electrons. The monoisotopic (exact) mass is 421 g/mol. The van der Waals surface area contributed by atoms with E-state index in [9.17, 15) is 4.79 Å². The Bertz CT molecular complexity index is 1020. The summed E-state index contributed by atoms with van der Waals surface area (Å²) in [4.78, 5) is 27.3. The number of allylic oxidation sites excluding steroid dienone is 2. The summed E-state index contributed by atoms with van der Waals surface area (Å²) in [5, 5.41) is 4.41. The average Bonchev–Trinajstić information content (AvgIpc) is 2.72. The van der Waals surface area contributed by atoms with Gasteiger partial charge in [0.2, 0.25) is 0 Å². The van der Waals surface area contributed by atoms with Crippen molar-refractivity contribution in [1.82, 2.24) is 9.97 Å². The number of carbonyl (C=O) groups is 1. The van der Waals surface area contributed by atoms with Crippen LogP contribution in [0.25, 0.3) is 0 Å². The number of rotatable bonds is 2. The lowest BCUT2D eigenvalue weighted by Crippen LogP contribution is -2.47. The number of nitrogens with zero attached hydrogens (tertiary/aromatic N) is 4. The molecular formula is C23H27N5OS. The van der Waals surface area contributed by atoms with Gasteiger partial charge in [0.05, 0.1) is 4.91 Å². The minimum absolute atomic E-state index is 0.0174. The number of nitrogens with one attached hydrogen (secondary N) is 1. The first kappa shape index (κ1) is 19.4. The second kappa shape index (κ2) is 7.30. The van der Waals surface area contributed by atoms with Crippen molar-refractivity contribution < 1.29 is 4.79 Å². The fourth-order valence-corrected chi connectivity index (χ4v) is 5.46. The van der Waals surface area contributed by atoms with Crippen LogP contribution in [0.15, 0.2) is 46.2 Å². The molecule has 5 rings (SSSR count). The Morgan fingerprint density at radius 1 is 1.00 bits per heavy atom. The maximum atomic E-state index is 12.7. The van der Waals surface area contributed by atoms with E-state index in [1.54, 1.807) is 6.33 Å². The number of ketones is 1. The molecule has 0 radical (unpaired) electrons. The molecule has 0 bridgehead atoms. The first-order valence-corrected chi connectivity index (χ1v) is 11.3. The summed E-state index contributed by atoms with van der Waals surface area (Å²) in [5.41, 5.74) is 4.53. The van der Waals surface area contributed by atoms with E-state index in [1.165, 1.54) is 23.0 Å². The number of hydrogen-bond acceptors (Lipinski definition) is 7. The van der Waals surface area contributed by atoms with Crippen molar-refractivity contribution in [3.05, 3.63) is 46.8 Å². The van der Waals surface area contributed by atoms with Crippen LogP contribution in [0.1, 0.15) is 32.3 Å². The molecule has 30 heavy (non-hydrogen) atoms. The molecule has 7 heteroatoms. The van der Waals surface area contributed by atoms with E-state index >= 15 is 0 Å².